The molecule has 0 amide bonds. The van der Waals surface area contributed by atoms with E-state index in [2.05, 4.69) is 31.3 Å². The summed E-state index contributed by atoms with van der Waals surface area (Å²) in [6.45, 7) is 1.31. The number of anilines is 1. The van der Waals surface area contributed by atoms with Crippen LogP contribution in [0.25, 0.3) is 5.65 Å². The normalized spacial score (nSPS) is 15.5. The molecule has 4 heterocycles. The summed E-state index contributed by atoms with van der Waals surface area (Å²) in [5.41, 5.74) is 2.64. The Balaban J connectivity index is 1.37. The van der Waals surface area contributed by atoms with Gasteiger partial charge in [0.2, 0.25) is 10.0 Å². The average Bonchev–Trinajstić information content (AvgIpc) is 3.25. The lowest BCUT2D eigenvalue weighted by atomic mass is 9.94. The molecule has 12 heteroatoms. The average molecular weight is 596 g/mol. The van der Waals surface area contributed by atoms with Gasteiger partial charge in [0, 0.05) is 54.7 Å². The zero-order valence-electron chi connectivity index (χ0n) is 18.4. The number of hydrogen-bond acceptors (Lipinski definition) is 6. The number of fused-ring (bicyclic) bond motifs is 1. The van der Waals surface area contributed by atoms with Crippen LogP contribution in [0.3, 0.4) is 0 Å². The molecule has 0 aliphatic carbocycles. The van der Waals surface area contributed by atoms with Gasteiger partial charge in [-0.15, -0.1) is 0 Å². The first kappa shape index (κ1) is 24.5. The molecule has 1 aliphatic rings. The number of halogens is 3. The van der Waals surface area contributed by atoms with Crippen LogP contribution < -0.4 is 5.32 Å². The Morgan fingerprint density at radius 2 is 1.91 bits per heavy atom. The van der Waals surface area contributed by atoms with Crippen molar-refractivity contribution in [2.45, 2.75) is 30.2 Å². The second-order valence-electron chi connectivity index (χ2n) is 8.26. The SMILES string of the molecule is O=S(=O)(c1cc(Cl)ccc1Cl)N1CCC(c2cc(NCc3cccnc3)n3ncc(Br)c3n2)CC1. The molecule has 1 N–H and O–H groups in total. The maximum atomic E-state index is 13.2. The number of rotatable bonds is 6. The van der Waals surface area contributed by atoms with Crippen molar-refractivity contribution >= 4 is 60.6 Å². The topological polar surface area (TPSA) is 92.5 Å². The summed E-state index contributed by atoms with van der Waals surface area (Å²) in [7, 11) is -3.74. The first-order valence-electron chi connectivity index (χ1n) is 10.9. The van der Waals surface area contributed by atoms with Gasteiger partial charge in [0.25, 0.3) is 0 Å². The Bertz CT molecular complexity index is 1470. The molecule has 182 valence electrons. The lowest BCUT2D eigenvalue weighted by Gasteiger charge is -2.31. The van der Waals surface area contributed by atoms with Crippen molar-refractivity contribution in [3.05, 3.63) is 80.8 Å². The molecule has 1 aliphatic heterocycles. The van der Waals surface area contributed by atoms with Crippen molar-refractivity contribution in [2.75, 3.05) is 18.4 Å². The first-order valence-corrected chi connectivity index (χ1v) is 13.9. The van der Waals surface area contributed by atoms with Crippen molar-refractivity contribution < 1.29 is 8.42 Å². The summed E-state index contributed by atoms with van der Waals surface area (Å²) in [6.07, 6.45) is 6.53. The zero-order valence-corrected chi connectivity index (χ0v) is 22.3. The van der Waals surface area contributed by atoms with Crippen LogP contribution in [-0.4, -0.2) is 45.4 Å². The van der Waals surface area contributed by atoms with Crippen molar-refractivity contribution in [3.8, 4) is 0 Å². The molecule has 0 radical (unpaired) electrons. The van der Waals surface area contributed by atoms with E-state index in [4.69, 9.17) is 28.2 Å². The van der Waals surface area contributed by atoms with Crippen LogP contribution in [0.15, 0.2) is 64.4 Å². The minimum Gasteiger partial charge on any atom is -0.366 e. The molecule has 0 atom stereocenters. The number of piperidine rings is 1. The first-order chi connectivity index (χ1) is 16.8. The minimum atomic E-state index is -3.74. The number of nitrogens with one attached hydrogen (secondary N) is 1. The quantitative estimate of drug-likeness (QED) is 0.322. The van der Waals surface area contributed by atoms with Crippen LogP contribution in [0, 0.1) is 0 Å². The fourth-order valence-electron chi connectivity index (χ4n) is 4.19. The third kappa shape index (κ3) is 5.03. The van der Waals surface area contributed by atoms with Crippen molar-refractivity contribution in [1.29, 1.82) is 0 Å². The number of pyridine rings is 1. The highest BCUT2D eigenvalue weighted by Crippen LogP contribution is 2.34. The highest BCUT2D eigenvalue weighted by molar-refractivity contribution is 9.10. The van der Waals surface area contributed by atoms with E-state index >= 15 is 0 Å². The molecule has 4 aromatic rings. The van der Waals surface area contributed by atoms with Crippen molar-refractivity contribution in [1.82, 2.24) is 23.9 Å². The van der Waals surface area contributed by atoms with Crippen LogP contribution >= 0.6 is 39.1 Å². The molecule has 0 saturated carbocycles. The Morgan fingerprint density at radius 3 is 2.66 bits per heavy atom. The molecular formula is C23H21BrCl2N6O2S. The molecule has 0 unspecified atom stereocenters. The van der Waals surface area contributed by atoms with Gasteiger partial charge in [-0.25, -0.2) is 13.4 Å². The third-order valence-electron chi connectivity index (χ3n) is 6.03. The Labute approximate surface area is 221 Å². The smallest absolute Gasteiger partial charge is 0.244 e. The third-order valence-corrected chi connectivity index (χ3v) is 9.20. The lowest BCUT2D eigenvalue weighted by molar-refractivity contribution is 0.317. The minimum absolute atomic E-state index is 0.0368. The highest BCUT2D eigenvalue weighted by atomic mass is 79.9. The summed E-state index contributed by atoms with van der Waals surface area (Å²) in [4.78, 5) is 9.04. The predicted molar refractivity (Wildman–Crippen MR) is 139 cm³/mol. The molecule has 1 fully saturated rings. The monoisotopic (exact) mass is 594 g/mol. The van der Waals surface area contributed by atoms with Gasteiger partial charge in [-0.05, 0) is 58.6 Å². The number of hydrogen-bond donors (Lipinski definition) is 1. The van der Waals surface area contributed by atoms with E-state index in [0.29, 0.717) is 43.1 Å². The Morgan fingerprint density at radius 1 is 1.11 bits per heavy atom. The van der Waals surface area contributed by atoms with Gasteiger partial charge in [0.05, 0.1) is 15.7 Å². The van der Waals surface area contributed by atoms with Gasteiger partial charge in [-0.2, -0.15) is 13.9 Å². The lowest BCUT2D eigenvalue weighted by Crippen LogP contribution is -2.38. The molecule has 1 aromatic carbocycles. The van der Waals surface area contributed by atoms with Gasteiger partial charge in [-0.3, -0.25) is 4.98 Å². The van der Waals surface area contributed by atoms with E-state index in [1.54, 1.807) is 23.0 Å². The highest BCUT2D eigenvalue weighted by Gasteiger charge is 2.32. The van der Waals surface area contributed by atoms with E-state index in [1.807, 2.05) is 24.4 Å². The second kappa shape index (κ2) is 10.0. The fourth-order valence-corrected chi connectivity index (χ4v) is 6.75. The molecule has 0 bridgehead atoms. The number of sulfonamides is 1. The van der Waals surface area contributed by atoms with Crippen molar-refractivity contribution in [2.24, 2.45) is 0 Å². The molecule has 5 rings (SSSR count). The molecular weight excluding hydrogens is 575 g/mol. The van der Waals surface area contributed by atoms with Gasteiger partial charge in [0.15, 0.2) is 5.65 Å². The van der Waals surface area contributed by atoms with Crippen molar-refractivity contribution in [3.63, 3.8) is 0 Å². The van der Waals surface area contributed by atoms with Crippen LogP contribution in [0.4, 0.5) is 5.82 Å². The standard InChI is InChI=1S/C23H21BrCl2N6O2S/c24-18-14-29-32-22(28-13-15-2-1-7-27-12-15)11-20(30-23(18)32)16-5-8-31(9-6-16)35(33,34)21-10-17(25)3-4-19(21)26/h1-4,7,10-12,14,16,28H,5-6,8-9,13H2. The summed E-state index contributed by atoms with van der Waals surface area (Å²) in [5.74, 6) is 0.905. The van der Waals surface area contributed by atoms with Gasteiger partial charge >= 0.3 is 0 Å². The van der Waals surface area contributed by atoms with E-state index in [-0.39, 0.29) is 15.8 Å². The Hall–Kier alpha value is -2.24. The van der Waals surface area contributed by atoms with Crippen LogP contribution in [0.1, 0.15) is 30.0 Å². The fraction of sp³-hybridized carbons (Fsp3) is 0.261. The van der Waals surface area contributed by atoms with E-state index in [9.17, 15) is 8.42 Å². The summed E-state index contributed by atoms with van der Waals surface area (Å²) < 4.78 is 30.4. The maximum Gasteiger partial charge on any atom is 0.244 e. The molecule has 0 spiro atoms. The number of aromatic nitrogens is 4. The molecule has 8 nitrogen and oxygen atoms in total. The summed E-state index contributed by atoms with van der Waals surface area (Å²) in [5, 5.41) is 8.35. The van der Waals surface area contributed by atoms with E-state index < -0.39 is 10.0 Å². The van der Waals surface area contributed by atoms with Crippen LogP contribution in [0.2, 0.25) is 10.0 Å². The van der Waals surface area contributed by atoms with E-state index in [1.165, 1.54) is 16.4 Å². The molecule has 3 aromatic heterocycles. The maximum absolute atomic E-state index is 13.2. The largest absolute Gasteiger partial charge is 0.366 e. The van der Waals surface area contributed by atoms with E-state index in [0.717, 1.165) is 21.5 Å². The summed E-state index contributed by atoms with van der Waals surface area (Å²) >= 11 is 15.7. The number of benzene rings is 1. The molecule has 35 heavy (non-hydrogen) atoms. The Kier molecular flexibility index (Phi) is 7.00. The summed E-state index contributed by atoms with van der Waals surface area (Å²) in [6, 6.07) is 10.4. The second-order valence-corrected chi connectivity index (χ2v) is 11.9. The number of nitrogens with zero attached hydrogens (tertiary/aromatic N) is 5. The zero-order chi connectivity index (χ0) is 24.6. The van der Waals surface area contributed by atoms with Gasteiger partial charge in [-0.1, -0.05) is 29.3 Å². The van der Waals surface area contributed by atoms with Crippen LogP contribution in [0.5, 0.6) is 0 Å². The van der Waals surface area contributed by atoms with Gasteiger partial charge in [0.1, 0.15) is 10.7 Å². The van der Waals surface area contributed by atoms with Gasteiger partial charge < -0.3 is 5.32 Å². The molecule has 1 saturated heterocycles. The van der Waals surface area contributed by atoms with Crippen LogP contribution in [-0.2, 0) is 16.6 Å². The predicted octanol–water partition coefficient (Wildman–Crippen LogP) is 5.37.